The van der Waals surface area contributed by atoms with Gasteiger partial charge < -0.3 is 15.3 Å². The molecule has 1 aliphatic heterocycles. The summed E-state index contributed by atoms with van der Waals surface area (Å²) in [5, 5.41) is 15.2. The predicted octanol–water partition coefficient (Wildman–Crippen LogP) is 2.82. The van der Waals surface area contributed by atoms with Gasteiger partial charge in [0.1, 0.15) is 6.61 Å². The maximum absolute atomic E-state index is 12.4. The van der Waals surface area contributed by atoms with Crippen LogP contribution in [0.25, 0.3) is 0 Å². The largest absolute Gasteiger partial charge is 0.463 e. The highest BCUT2D eigenvalue weighted by Crippen LogP contribution is 2.26. The van der Waals surface area contributed by atoms with E-state index in [2.05, 4.69) is 10.5 Å². The Balaban J connectivity index is 2.21. The van der Waals surface area contributed by atoms with Crippen molar-refractivity contribution in [2.45, 2.75) is 45.6 Å². The van der Waals surface area contributed by atoms with Crippen LogP contribution >= 0.6 is 0 Å². The van der Waals surface area contributed by atoms with Crippen molar-refractivity contribution in [3.8, 4) is 0 Å². The van der Waals surface area contributed by atoms with Crippen LogP contribution in [0.3, 0.4) is 0 Å². The number of nitrogens with zero attached hydrogens (tertiary/aromatic N) is 1. The van der Waals surface area contributed by atoms with Gasteiger partial charge in [-0.3, -0.25) is 9.59 Å². The number of hydrogen-bond acceptors (Lipinski definition) is 5. The van der Waals surface area contributed by atoms with Crippen LogP contribution in [0.4, 0.5) is 0 Å². The molecule has 24 heavy (non-hydrogen) atoms. The smallest absolute Gasteiger partial charge is 0.311 e. The molecule has 6 heteroatoms. The first-order valence-electron chi connectivity index (χ1n) is 8.14. The molecule has 1 aromatic carbocycles. The Morgan fingerprint density at radius 2 is 1.88 bits per heavy atom. The number of nitrogens with one attached hydrogen (secondary N) is 1. The maximum atomic E-state index is 12.4. The molecule has 1 heterocycles. The molecule has 0 unspecified atom stereocenters. The third-order valence-electron chi connectivity index (χ3n) is 4.29. The van der Waals surface area contributed by atoms with Gasteiger partial charge in [-0.1, -0.05) is 35.5 Å². The van der Waals surface area contributed by atoms with Crippen LogP contribution in [0.15, 0.2) is 35.5 Å². The molecule has 1 aliphatic rings. The summed E-state index contributed by atoms with van der Waals surface area (Å²) in [5.74, 6) is -0.489. The Hall–Kier alpha value is -2.37. The molecule has 2 N–H and O–H groups in total. The minimum atomic E-state index is -0.680. The number of benzene rings is 1. The van der Waals surface area contributed by atoms with E-state index in [9.17, 15) is 9.59 Å². The molecule has 1 atom stereocenters. The fraction of sp³-hybridized carbons (Fsp3) is 0.500. The molecule has 130 valence electrons. The fourth-order valence-corrected chi connectivity index (χ4v) is 2.57. The van der Waals surface area contributed by atoms with E-state index in [4.69, 9.17) is 9.94 Å². The lowest BCUT2D eigenvalue weighted by molar-refractivity contribution is -0.155. The average molecular weight is 332 g/mol. The molecule has 1 aromatic rings. The second-order valence-electron chi connectivity index (χ2n) is 6.68. The minimum Gasteiger partial charge on any atom is -0.463 e. The van der Waals surface area contributed by atoms with Gasteiger partial charge in [-0.15, -0.1) is 0 Å². The Kier molecular flexibility index (Phi) is 5.95. The van der Waals surface area contributed by atoms with Crippen molar-refractivity contribution in [3.63, 3.8) is 0 Å². The van der Waals surface area contributed by atoms with E-state index in [1.54, 1.807) is 0 Å². The lowest BCUT2D eigenvalue weighted by Gasteiger charge is -2.26. The summed E-state index contributed by atoms with van der Waals surface area (Å²) in [6.45, 7) is 3.72. The molecule has 6 nitrogen and oxygen atoms in total. The molecule has 0 spiro atoms. The van der Waals surface area contributed by atoms with Gasteiger partial charge in [0, 0.05) is 6.42 Å². The van der Waals surface area contributed by atoms with Crippen LogP contribution in [0, 0.1) is 5.41 Å². The highest BCUT2D eigenvalue weighted by molar-refractivity contribution is 5.89. The summed E-state index contributed by atoms with van der Waals surface area (Å²) >= 11 is 0. The van der Waals surface area contributed by atoms with Crippen molar-refractivity contribution < 1.29 is 19.5 Å². The predicted molar refractivity (Wildman–Crippen MR) is 89.8 cm³/mol. The summed E-state index contributed by atoms with van der Waals surface area (Å²) in [4.78, 5) is 24.5. The van der Waals surface area contributed by atoms with Gasteiger partial charge in [-0.05, 0) is 38.7 Å². The summed E-state index contributed by atoms with van der Waals surface area (Å²) in [7, 11) is 0. The third-order valence-corrected chi connectivity index (χ3v) is 4.29. The number of hydrogen-bond donors (Lipinski definition) is 2. The zero-order valence-corrected chi connectivity index (χ0v) is 14.1. The Labute approximate surface area is 141 Å². The van der Waals surface area contributed by atoms with E-state index in [1.807, 2.05) is 44.2 Å². The lowest BCUT2D eigenvalue weighted by atomic mass is 9.86. The molecular weight excluding hydrogens is 308 g/mol. The van der Waals surface area contributed by atoms with Crippen molar-refractivity contribution in [2.24, 2.45) is 10.6 Å². The zero-order valence-electron chi connectivity index (χ0n) is 14.1. The number of ether oxygens (including phenoxy) is 1. The van der Waals surface area contributed by atoms with Gasteiger partial charge in [0.2, 0.25) is 5.91 Å². The SMILES string of the molecule is CC1(C)CC/C(=N\O)CCC(=O)N[C@H](c2ccccc2)COC1=O. The number of cyclic esters (lactones) is 1. The first kappa shape index (κ1) is 18.0. The summed E-state index contributed by atoms with van der Waals surface area (Å²) in [6.07, 6.45) is 1.56. The van der Waals surface area contributed by atoms with Crippen LogP contribution in [-0.2, 0) is 14.3 Å². The summed E-state index contributed by atoms with van der Waals surface area (Å²) in [6, 6.07) is 9.01. The van der Waals surface area contributed by atoms with Crippen LogP contribution in [0.2, 0.25) is 0 Å². The molecule has 0 aliphatic carbocycles. The second-order valence-corrected chi connectivity index (χ2v) is 6.68. The van der Waals surface area contributed by atoms with E-state index < -0.39 is 11.5 Å². The van der Waals surface area contributed by atoms with E-state index in [-0.39, 0.29) is 24.9 Å². The Morgan fingerprint density at radius 3 is 2.54 bits per heavy atom. The second kappa shape index (κ2) is 7.95. The molecule has 0 radical (unpaired) electrons. The molecule has 0 bridgehead atoms. The van der Waals surface area contributed by atoms with Gasteiger partial charge in [-0.2, -0.15) is 0 Å². The quantitative estimate of drug-likeness (QED) is 0.470. The first-order chi connectivity index (χ1) is 11.4. The number of amides is 1. The number of oxime groups is 1. The van der Waals surface area contributed by atoms with Gasteiger partial charge in [-0.25, -0.2) is 0 Å². The van der Waals surface area contributed by atoms with E-state index in [0.29, 0.717) is 25.0 Å². The molecule has 1 saturated heterocycles. The summed E-state index contributed by atoms with van der Waals surface area (Å²) < 4.78 is 5.46. The Morgan fingerprint density at radius 1 is 1.17 bits per heavy atom. The van der Waals surface area contributed by atoms with Gasteiger partial charge >= 0.3 is 5.97 Å². The Bertz CT molecular complexity index is 611. The van der Waals surface area contributed by atoms with Crippen molar-refractivity contribution in [2.75, 3.05) is 6.61 Å². The highest BCUT2D eigenvalue weighted by Gasteiger charge is 2.31. The minimum absolute atomic E-state index is 0.0962. The lowest BCUT2D eigenvalue weighted by Crippen LogP contribution is -2.35. The number of carbonyl (C=O) groups is 2. The van der Waals surface area contributed by atoms with Gasteiger partial charge in [0.15, 0.2) is 0 Å². The first-order valence-corrected chi connectivity index (χ1v) is 8.14. The van der Waals surface area contributed by atoms with Crippen molar-refractivity contribution in [3.05, 3.63) is 35.9 Å². The average Bonchev–Trinajstić information content (AvgIpc) is 2.58. The number of esters is 1. The van der Waals surface area contributed by atoms with E-state index in [1.165, 1.54) is 0 Å². The van der Waals surface area contributed by atoms with Gasteiger partial charge in [0.05, 0.1) is 17.2 Å². The van der Waals surface area contributed by atoms with E-state index >= 15 is 0 Å². The molecule has 1 fully saturated rings. The molecule has 0 aromatic heterocycles. The summed E-state index contributed by atoms with van der Waals surface area (Å²) in [5.41, 5.74) is 0.716. The van der Waals surface area contributed by atoms with Crippen molar-refractivity contribution >= 4 is 17.6 Å². The third kappa shape index (κ3) is 4.81. The van der Waals surface area contributed by atoms with Crippen LogP contribution in [-0.4, -0.2) is 29.4 Å². The molecule has 0 saturated carbocycles. The molecule has 1 amide bonds. The fourth-order valence-electron chi connectivity index (χ4n) is 2.57. The van der Waals surface area contributed by atoms with Crippen molar-refractivity contribution in [1.82, 2.24) is 5.32 Å². The standard InChI is InChI=1S/C18H24N2O4/c1-18(2)11-10-14(20-23)8-9-16(21)19-15(12-24-17(18)22)13-6-4-3-5-7-13/h3-7,15,23H,8-12H2,1-2H3,(H,19,21)/b20-14-/t15-/m0/s1. The van der Waals surface area contributed by atoms with Gasteiger partial charge in [0.25, 0.3) is 0 Å². The van der Waals surface area contributed by atoms with Crippen LogP contribution in [0.5, 0.6) is 0 Å². The topological polar surface area (TPSA) is 88.0 Å². The monoisotopic (exact) mass is 332 g/mol. The normalized spacial score (nSPS) is 24.4. The number of carbonyl (C=O) groups excluding carboxylic acids is 2. The molecular formula is C18H24N2O4. The zero-order chi connectivity index (χ0) is 17.6. The highest BCUT2D eigenvalue weighted by atomic mass is 16.5. The van der Waals surface area contributed by atoms with Crippen LogP contribution in [0.1, 0.15) is 51.1 Å². The van der Waals surface area contributed by atoms with E-state index in [0.717, 1.165) is 5.56 Å². The van der Waals surface area contributed by atoms with Crippen molar-refractivity contribution in [1.29, 1.82) is 0 Å². The van der Waals surface area contributed by atoms with Crippen LogP contribution < -0.4 is 5.32 Å². The maximum Gasteiger partial charge on any atom is 0.311 e. The molecule has 2 rings (SSSR count). The number of rotatable bonds is 1.